The summed E-state index contributed by atoms with van der Waals surface area (Å²) in [7, 11) is 0. The number of halogens is 1. The van der Waals surface area contributed by atoms with Gasteiger partial charge in [0.1, 0.15) is 0 Å². The summed E-state index contributed by atoms with van der Waals surface area (Å²) in [6, 6.07) is 5.92. The van der Waals surface area contributed by atoms with Gasteiger partial charge in [0.2, 0.25) is 0 Å². The van der Waals surface area contributed by atoms with Crippen molar-refractivity contribution in [2.75, 3.05) is 5.73 Å². The monoisotopic (exact) mass is 263 g/mol. The third-order valence-electron chi connectivity index (χ3n) is 3.10. The second-order valence-electron chi connectivity index (χ2n) is 4.41. The zero-order valence-corrected chi connectivity index (χ0v) is 11.8. The van der Waals surface area contributed by atoms with E-state index < -0.39 is 0 Å². The topological polar surface area (TPSA) is 43.8 Å². The normalized spacial score (nSPS) is 10.9. The molecule has 2 aromatic rings. The van der Waals surface area contributed by atoms with Crippen LogP contribution in [0.15, 0.2) is 18.2 Å². The van der Waals surface area contributed by atoms with Crippen LogP contribution in [0.5, 0.6) is 0 Å². The molecule has 1 aromatic heterocycles. The molecule has 2 rings (SSSR count). The lowest BCUT2D eigenvalue weighted by atomic mass is 10.1. The molecule has 0 saturated heterocycles. The van der Waals surface area contributed by atoms with Crippen molar-refractivity contribution < 1.29 is 0 Å². The molecule has 0 bridgehead atoms. The minimum Gasteiger partial charge on any atom is -0.398 e. The summed E-state index contributed by atoms with van der Waals surface area (Å²) in [6.45, 7) is 6.25. The van der Waals surface area contributed by atoms with Gasteiger partial charge in [0.25, 0.3) is 0 Å². The van der Waals surface area contributed by atoms with Gasteiger partial charge in [0.15, 0.2) is 0 Å². The zero-order valence-electron chi connectivity index (χ0n) is 11.0. The number of aryl methyl sites for hydroxylation is 3. The highest BCUT2D eigenvalue weighted by molar-refractivity contribution is 6.33. The van der Waals surface area contributed by atoms with E-state index in [4.69, 9.17) is 17.3 Å². The fourth-order valence-corrected chi connectivity index (χ4v) is 2.19. The lowest BCUT2D eigenvalue weighted by Gasteiger charge is -2.11. The first kappa shape index (κ1) is 13.0. The number of nitrogens with zero attached hydrogens (tertiary/aromatic N) is 2. The Morgan fingerprint density at radius 1 is 1.22 bits per heavy atom. The number of hydrogen-bond acceptors (Lipinski definition) is 2. The van der Waals surface area contributed by atoms with E-state index in [-0.39, 0.29) is 0 Å². The molecule has 0 aliphatic rings. The number of anilines is 1. The molecule has 0 aliphatic carbocycles. The summed E-state index contributed by atoms with van der Waals surface area (Å²) in [5.41, 5.74) is 10.8. The highest BCUT2D eigenvalue weighted by Gasteiger charge is 2.11. The molecule has 0 aliphatic heterocycles. The SMILES string of the molecule is CCc1cc(CC)n(-c2cc(Cl)c(N)cc2C)n1. The highest BCUT2D eigenvalue weighted by Crippen LogP contribution is 2.26. The van der Waals surface area contributed by atoms with E-state index in [9.17, 15) is 0 Å². The van der Waals surface area contributed by atoms with Crippen LogP contribution in [-0.4, -0.2) is 9.78 Å². The van der Waals surface area contributed by atoms with Crippen LogP contribution in [0.25, 0.3) is 5.69 Å². The molecule has 18 heavy (non-hydrogen) atoms. The van der Waals surface area contributed by atoms with Crippen LogP contribution in [0.2, 0.25) is 5.02 Å². The molecule has 4 heteroatoms. The highest BCUT2D eigenvalue weighted by atomic mass is 35.5. The smallest absolute Gasteiger partial charge is 0.0694 e. The van der Waals surface area contributed by atoms with E-state index >= 15 is 0 Å². The molecule has 0 radical (unpaired) electrons. The standard InChI is InChI=1S/C14H18ClN3/c1-4-10-7-11(5-2)18(17-10)14-8-12(15)13(16)6-9(14)3/h6-8H,4-5,16H2,1-3H3. The van der Waals surface area contributed by atoms with E-state index in [0.29, 0.717) is 10.7 Å². The third kappa shape index (κ3) is 2.23. The van der Waals surface area contributed by atoms with E-state index in [1.54, 1.807) is 0 Å². The molecule has 1 aromatic carbocycles. The van der Waals surface area contributed by atoms with Crippen LogP contribution in [0.4, 0.5) is 5.69 Å². The van der Waals surface area contributed by atoms with Crippen LogP contribution in [0.1, 0.15) is 30.8 Å². The molecule has 0 saturated carbocycles. The molecular formula is C14H18ClN3. The molecule has 3 nitrogen and oxygen atoms in total. The maximum atomic E-state index is 6.11. The molecule has 0 atom stereocenters. The van der Waals surface area contributed by atoms with Crippen LogP contribution in [0, 0.1) is 6.92 Å². The predicted molar refractivity (Wildman–Crippen MR) is 76.5 cm³/mol. The second kappa shape index (κ2) is 5.02. The average molecular weight is 264 g/mol. The van der Waals surface area contributed by atoms with Crippen molar-refractivity contribution in [1.29, 1.82) is 0 Å². The van der Waals surface area contributed by atoms with Crippen molar-refractivity contribution in [3.63, 3.8) is 0 Å². The van der Waals surface area contributed by atoms with Crippen molar-refractivity contribution in [3.05, 3.63) is 40.2 Å². The summed E-state index contributed by atoms with van der Waals surface area (Å²) in [5.74, 6) is 0. The van der Waals surface area contributed by atoms with Gasteiger partial charge in [-0.15, -0.1) is 0 Å². The van der Waals surface area contributed by atoms with E-state index in [0.717, 1.165) is 29.8 Å². The van der Waals surface area contributed by atoms with Crippen LogP contribution in [-0.2, 0) is 12.8 Å². The maximum absolute atomic E-state index is 6.11. The molecule has 0 amide bonds. The molecule has 0 spiro atoms. The van der Waals surface area contributed by atoms with Gasteiger partial charge < -0.3 is 5.73 Å². The molecule has 0 fully saturated rings. The lowest BCUT2D eigenvalue weighted by Crippen LogP contribution is -2.04. The van der Waals surface area contributed by atoms with Gasteiger partial charge in [0, 0.05) is 5.69 Å². The Morgan fingerprint density at radius 3 is 2.56 bits per heavy atom. The predicted octanol–water partition coefficient (Wildman–Crippen LogP) is 3.54. The van der Waals surface area contributed by atoms with Crippen molar-refractivity contribution in [2.24, 2.45) is 0 Å². The second-order valence-corrected chi connectivity index (χ2v) is 4.81. The van der Waals surface area contributed by atoms with Crippen molar-refractivity contribution >= 4 is 17.3 Å². The number of benzene rings is 1. The first-order valence-electron chi connectivity index (χ1n) is 6.20. The Kier molecular flexibility index (Phi) is 3.62. The third-order valence-corrected chi connectivity index (χ3v) is 3.43. The van der Waals surface area contributed by atoms with Crippen molar-refractivity contribution in [1.82, 2.24) is 9.78 Å². The van der Waals surface area contributed by atoms with Gasteiger partial charge >= 0.3 is 0 Å². The Labute approximate surface area is 113 Å². The summed E-state index contributed by atoms with van der Waals surface area (Å²) in [4.78, 5) is 0. The number of aromatic nitrogens is 2. The maximum Gasteiger partial charge on any atom is 0.0694 e. The van der Waals surface area contributed by atoms with Crippen LogP contribution >= 0.6 is 11.6 Å². The van der Waals surface area contributed by atoms with Crippen LogP contribution < -0.4 is 5.73 Å². The Bertz CT molecular complexity index is 573. The number of hydrogen-bond donors (Lipinski definition) is 1. The summed E-state index contributed by atoms with van der Waals surface area (Å²) >= 11 is 6.11. The summed E-state index contributed by atoms with van der Waals surface area (Å²) in [6.07, 6.45) is 1.87. The zero-order chi connectivity index (χ0) is 13.3. The van der Waals surface area contributed by atoms with Gasteiger partial charge in [-0.2, -0.15) is 5.10 Å². The summed E-state index contributed by atoms with van der Waals surface area (Å²) < 4.78 is 1.97. The molecular weight excluding hydrogens is 246 g/mol. The van der Waals surface area contributed by atoms with Crippen molar-refractivity contribution in [2.45, 2.75) is 33.6 Å². The van der Waals surface area contributed by atoms with Crippen molar-refractivity contribution in [3.8, 4) is 5.69 Å². The Balaban J connectivity index is 2.60. The first-order chi connectivity index (χ1) is 8.56. The quantitative estimate of drug-likeness (QED) is 0.861. The molecule has 0 unspecified atom stereocenters. The Morgan fingerprint density at radius 2 is 1.94 bits per heavy atom. The average Bonchev–Trinajstić information content (AvgIpc) is 2.77. The van der Waals surface area contributed by atoms with Gasteiger partial charge in [-0.3, -0.25) is 0 Å². The van der Waals surface area contributed by atoms with E-state index in [1.165, 1.54) is 5.69 Å². The largest absolute Gasteiger partial charge is 0.398 e. The van der Waals surface area contributed by atoms with Gasteiger partial charge in [-0.25, -0.2) is 4.68 Å². The van der Waals surface area contributed by atoms with Crippen LogP contribution in [0.3, 0.4) is 0 Å². The number of rotatable bonds is 3. The molecule has 2 N–H and O–H groups in total. The molecule has 1 heterocycles. The summed E-state index contributed by atoms with van der Waals surface area (Å²) in [5, 5.41) is 5.19. The van der Waals surface area contributed by atoms with Gasteiger partial charge in [-0.05, 0) is 43.5 Å². The molecule has 96 valence electrons. The lowest BCUT2D eigenvalue weighted by molar-refractivity contribution is 0.789. The number of nitrogens with two attached hydrogens (primary N) is 1. The fourth-order valence-electron chi connectivity index (χ4n) is 2.03. The van der Waals surface area contributed by atoms with Gasteiger partial charge in [-0.1, -0.05) is 25.4 Å². The fraction of sp³-hybridized carbons (Fsp3) is 0.357. The Hall–Kier alpha value is -1.48. The first-order valence-corrected chi connectivity index (χ1v) is 6.58. The van der Waals surface area contributed by atoms with E-state index in [1.807, 2.05) is 23.7 Å². The van der Waals surface area contributed by atoms with E-state index in [2.05, 4.69) is 25.0 Å². The number of nitrogen functional groups attached to an aromatic ring is 1. The minimum absolute atomic E-state index is 0.575. The van der Waals surface area contributed by atoms with Gasteiger partial charge in [0.05, 0.1) is 22.1 Å². The minimum atomic E-state index is 0.575.